The van der Waals surface area contributed by atoms with E-state index in [1.54, 1.807) is 5.57 Å². The Bertz CT molecular complexity index is 3050. The maximum absolute atomic E-state index is 2.55. The van der Waals surface area contributed by atoms with Gasteiger partial charge in [0.1, 0.15) is 0 Å². The van der Waals surface area contributed by atoms with Crippen LogP contribution in [0.15, 0.2) is 169 Å². The fourth-order valence-corrected chi connectivity index (χ4v) is 11.5. The molecular formula is C60H52N2. The molecule has 0 atom stereocenters. The Morgan fingerprint density at radius 1 is 0.419 bits per heavy atom. The van der Waals surface area contributed by atoms with Crippen molar-refractivity contribution in [3.63, 3.8) is 0 Å². The second-order valence-electron chi connectivity index (χ2n) is 19.1. The third kappa shape index (κ3) is 5.69. The molecule has 0 spiro atoms. The van der Waals surface area contributed by atoms with E-state index >= 15 is 0 Å². The first-order chi connectivity index (χ1) is 30.2. The summed E-state index contributed by atoms with van der Waals surface area (Å²) in [5.74, 6) is 0. The zero-order valence-electron chi connectivity index (χ0n) is 36.3. The lowest BCUT2D eigenvalue weighted by Gasteiger charge is -2.31. The molecule has 0 saturated carbocycles. The highest BCUT2D eigenvalue weighted by Crippen LogP contribution is 2.54. The van der Waals surface area contributed by atoms with E-state index < -0.39 is 0 Å². The first kappa shape index (κ1) is 37.1. The molecule has 62 heavy (non-hydrogen) atoms. The second-order valence-corrected chi connectivity index (χ2v) is 19.1. The van der Waals surface area contributed by atoms with Crippen LogP contribution in [0.1, 0.15) is 97.0 Å². The predicted octanol–water partition coefficient (Wildman–Crippen LogP) is 15.7. The van der Waals surface area contributed by atoms with Crippen LogP contribution in [-0.2, 0) is 30.1 Å². The van der Waals surface area contributed by atoms with Gasteiger partial charge in [0.15, 0.2) is 0 Å². The molecule has 2 nitrogen and oxygen atoms in total. The standard InChI is InChI=1S/C60H52N2/c1-59(2)51-35-39(23-31-47(51)49-33-29-45(37-53(49)59)61-55-17-9-5-13-41(55)25-26-42-14-6-10-18-56(42)61)21-22-40-24-32-48-50-34-30-46(38-54(50)60(3,4)52(48)36-40)62-57-19-11-7-15-43(57)27-28-44-16-8-12-20-58(44)62/h5-7,9-15,17-24,29-38H,8,16,25-28H2,1-4H3/b22-21+. The molecule has 2 aliphatic heterocycles. The normalized spacial score (nSPS) is 17.3. The minimum Gasteiger partial charge on any atom is -0.310 e. The Hall–Kier alpha value is -6.64. The van der Waals surface area contributed by atoms with E-state index in [-0.39, 0.29) is 10.8 Å². The van der Waals surface area contributed by atoms with Gasteiger partial charge in [-0.2, -0.15) is 0 Å². The van der Waals surface area contributed by atoms with Crippen molar-refractivity contribution in [2.75, 3.05) is 9.80 Å². The number of fused-ring (bicyclic) bond motifs is 9. The molecule has 0 N–H and O–H groups in total. The molecule has 0 saturated heterocycles. The van der Waals surface area contributed by atoms with E-state index in [1.807, 2.05) is 0 Å². The van der Waals surface area contributed by atoms with Crippen molar-refractivity contribution < 1.29 is 0 Å². The smallest absolute Gasteiger partial charge is 0.0493 e. The zero-order chi connectivity index (χ0) is 41.7. The highest BCUT2D eigenvalue weighted by atomic mass is 15.2. The monoisotopic (exact) mass is 800 g/mol. The van der Waals surface area contributed by atoms with Crippen molar-refractivity contribution in [2.45, 2.75) is 77.0 Å². The number of anilines is 5. The van der Waals surface area contributed by atoms with Gasteiger partial charge >= 0.3 is 0 Å². The van der Waals surface area contributed by atoms with Crippen LogP contribution >= 0.6 is 0 Å². The predicted molar refractivity (Wildman–Crippen MR) is 261 cm³/mol. The summed E-state index contributed by atoms with van der Waals surface area (Å²) in [5, 5.41) is 0. The molecular weight excluding hydrogens is 749 g/mol. The Labute approximate surface area is 367 Å². The highest BCUT2D eigenvalue weighted by Gasteiger charge is 2.38. The number of allylic oxidation sites excluding steroid dienone is 3. The Morgan fingerprint density at radius 2 is 0.839 bits per heavy atom. The lowest BCUT2D eigenvalue weighted by molar-refractivity contribution is 0.660. The van der Waals surface area contributed by atoms with Crippen molar-refractivity contribution in [3.8, 4) is 22.3 Å². The molecule has 0 unspecified atom stereocenters. The first-order valence-electron chi connectivity index (χ1n) is 22.7. The summed E-state index contributed by atoms with van der Waals surface area (Å²) in [4.78, 5) is 5.04. The van der Waals surface area contributed by atoms with Crippen LogP contribution < -0.4 is 9.80 Å². The summed E-state index contributed by atoms with van der Waals surface area (Å²) in [7, 11) is 0. The largest absolute Gasteiger partial charge is 0.310 e. The number of hydrogen-bond acceptors (Lipinski definition) is 2. The molecule has 7 aromatic carbocycles. The number of aryl methyl sites for hydroxylation is 3. The summed E-state index contributed by atoms with van der Waals surface area (Å²) in [5.41, 5.74) is 26.7. The number of rotatable bonds is 4. The van der Waals surface area contributed by atoms with Gasteiger partial charge in [0, 0.05) is 45.0 Å². The average Bonchev–Trinajstić information content (AvgIpc) is 3.47. The van der Waals surface area contributed by atoms with Gasteiger partial charge in [-0.05, 0) is 165 Å². The van der Waals surface area contributed by atoms with Gasteiger partial charge in [-0.3, -0.25) is 0 Å². The molecule has 302 valence electrons. The molecule has 7 aromatic rings. The zero-order valence-corrected chi connectivity index (χ0v) is 36.3. The van der Waals surface area contributed by atoms with Crippen LogP contribution in [0.4, 0.5) is 28.4 Å². The maximum atomic E-state index is 2.55. The minimum absolute atomic E-state index is 0.130. The van der Waals surface area contributed by atoms with Crippen molar-refractivity contribution in [1.29, 1.82) is 0 Å². The van der Waals surface area contributed by atoms with Crippen LogP contribution in [0.2, 0.25) is 0 Å². The quantitative estimate of drug-likeness (QED) is 0.164. The molecule has 0 radical (unpaired) electrons. The lowest BCUT2D eigenvalue weighted by Crippen LogP contribution is -2.20. The number of hydrogen-bond donors (Lipinski definition) is 0. The Balaban J connectivity index is 0.848. The molecule has 2 heteroatoms. The van der Waals surface area contributed by atoms with Gasteiger partial charge in [-0.15, -0.1) is 0 Å². The van der Waals surface area contributed by atoms with Gasteiger partial charge < -0.3 is 9.80 Å². The van der Waals surface area contributed by atoms with E-state index in [9.17, 15) is 0 Å². The van der Waals surface area contributed by atoms with Crippen LogP contribution in [0.25, 0.3) is 34.4 Å². The van der Waals surface area contributed by atoms with Crippen molar-refractivity contribution >= 4 is 40.6 Å². The molecule has 5 aliphatic rings. The number of nitrogens with zero attached hydrogens (tertiary/aromatic N) is 2. The molecule has 12 rings (SSSR count). The van der Waals surface area contributed by atoms with Crippen LogP contribution in [0.3, 0.4) is 0 Å². The maximum Gasteiger partial charge on any atom is 0.0493 e. The third-order valence-corrected chi connectivity index (χ3v) is 14.9. The Morgan fingerprint density at radius 3 is 1.35 bits per heavy atom. The van der Waals surface area contributed by atoms with Crippen LogP contribution in [0, 0.1) is 0 Å². The summed E-state index contributed by atoms with van der Waals surface area (Å²) < 4.78 is 0. The topological polar surface area (TPSA) is 6.48 Å². The van der Waals surface area contributed by atoms with E-state index in [0.717, 1.165) is 38.5 Å². The van der Waals surface area contributed by atoms with Crippen LogP contribution in [-0.4, -0.2) is 0 Å². The fraction of sp³-hybridized carbons (Fsp3) is 0.200. The molecule has 0 amide bonds. The van der Waals surface area contributed by atoms with Crippen LogP contribution in [0.5, 0.6) is 0 Å². The van der Waals surface area contributed by atoms with Gasteiger partial charge in [-0.1, -0.05) is 149 Å². The molecule has 0 bridgehead atoms. The lowest BCUT2D eigenvalue weighted by atomic mass is 9.81. The summed E-state index contributed by atoms with van der Waals surface area (Å²) in [6.07, 6.45) is 16.0. The molecule has 0 aromatic heterocycles. The molecule has 3 aliphatic carbocycles. The SMILES string of the molecule is CC1(C)c2cc(/C=C/c3ccc4c(c3)C(C)(C)c3cc(N5c6ccccc6CCc6ccccc65)ccc3-4)ccc2-c2ccc(N3C4=C(CCC=C4)CCc4ccccc43)cc21. The highest BCUT2D eigenvalue weighted by molar-refractivity contribution is 5.89. The average molecular weight is 801 g/mol. The van der Waals surface area contributed by atoms with E-state index in [4.69, 9.17) is 0 Å². The summed E-state index contributed by atoms with van der Waals surface area (Å²) in [6, 6.07) is 55.5. The van der Waals surface area contributed by atoms with E-state index in [0.29, 0.717) is 0 Å². The number of para-hydroxylation sites is 3. The molecule has 2 heterocycles. The summed E-state index contributed by atoms with van der Waals surface area (Å²) in [6.45, 7) is 9.62. The van der Waals surface area contributed by atoms with Gasteiger partial charge in [0.2, 0.25) is 0 Å². The van der Waals surface area contributed by atoms with Gasteiger partial charge in [0.25, 0.3) is 0 Å². The van der Waals surface area contributed by atoms with E-state index in [1.165, 1.54) is 106 Å². The minimum atomic E-state index is -0.140. The van der Waals surface area contributed by atoms with E-state index in [2.05, 4.69) is 207 Å². The third-order valence-electron chi connectivity index (χ3n) is 14.9. The van der Waals surface area contributed by atoms with Crippen molar-refractivity contribution in [2.24, 2.45) is 0 Å². The van der Waals surface area contributed by atoms with Crippen molar-refractivity contribution in [3.05, 3.63) is 219 Å². The second kappa shape index (κ2) is 13.9. The summed E-state index contributed by atoms with van der Waals surface area (Å²) >= 11 is 0. The molecule has 0 fully saturated rings. The van der Waals surface area contributed by atoms with Gasteiger partial charge in [0.05, 0.1) is 0 Å². The Kier molecular flexibility index (Phi) is 8.35. The van der Waals surface area contributed by atoms with Crippen molar-refractivity contribution in [1.82, 2.24) is 0 Å². The fourth-order valence-electron chi connectivity index (χ4n) is 11.5. The first-order valence-corrected chi connectivity index (χ1v) is 22.7. The van der Waals surface area contributed by atoms with Gasteiger partial charge in [-0.25, -0.2) is 0 Å². The number of benzene rings is 7.